The molecule has 0 amide bonds. The molecule has 0 unspecified atom stereocenters. The predicted octanol–water partition coefficient (Wildman–Crippen LogP) is 0.348. The SMILES string of the molecule is O=C(OOS(=O)(=O)C(F)(F)F)c1ccn[nH]1. The second-order valence-electron chi connectivity index (χ2n) is 2.31. The first-order valence-corrected chi connectivity index (χ1v) is 4.86. The number of nitrogens with zero attached hydrogens (tertiary/aromatic N) is 1. The molecule has 0 saturated carbocycles. The van der Waals surface area contributed by atoms with Crippen molar-refractivity contribution < 1.29 is 35.6 Å². The number of alkyl halides is 3. The van der Waals surface area contributed by atoms with E-state index < -0.39 is 21.6 Å². The third kappa shape index (κ3) is 2.70. The zero-order valence-corrected chi connectivity index (χ0v) is 8.00. The molecule has 0 fully saturated rings. The molecule has 0 atom stereocenters. The Morgan fingerprint density at radius 2 is 2.06 bits per heavy atom. The molecule has 1 aromatic rings. The molecule has 1 rings (SSSR count). The summed E-state index contributed by atoms with van der Waals surface area (Å²) >= 11 is 0. The molecule has 0 saturated heterocycles. The quantitative estimate of drug-likeness (QED) is 0.478. The van der Waals surface area contributed by atoms with E-state index in [4.69, 9.17) is 0 Å². The van der Waals surface area contributed by atoms with Gasteiger partial charge in [0.25, 0.3) is 0 Å². The van der Waals surface area contributed by atoms with Crippen molar-refractivity contribution in [3.05, 3.63) is 18.0 Å². The van der Waals surface area contributed by atoms with E-state index in [1.54, 1.807) is 0 Å². The maximum Gasteiger partial charge on any atom is 0.526 e. The Morgan fingerprint density at radius 1 is 1.44 bits per heavy atom. The number of hydrogen-bond donors (Lipinski definition) is 1. The lowest BCUT2D eigenvalue weighted by molar-refractivity contribution is -0.164. The maximum absolute atomic E-state index is 11.7. The fourth-order valence-electron chi connectivity index (χ4n) is 0.529. The minimum Gasteiger partial charge on any atom is -0.274 e. The van der Waals surface area contributed by atoms with Crippen LogP contribution in [0.25, 0.3) is 0 Å². The van der Waals surface area contributed by atoms with E-state index in [-0.39, 0.29) is 5.69 Å². The minimum atomic E-state index is -5.96. The van der Waals surface area contributed by atoms with E-state index in [9.17, 15) is 26.4 Å². The molecular weight excluding hydrogens is 257 g/mol. The van der Waals surface area contributed by atoms with Gasteiger partial charge < -0.3 is 0 Å². The zero-order chi connectivity index (χ0) is 12.4. The lowest BCUT2D eigenvalue weighted by atomic mass is 10.5. The first-order chi connectivity index (χ1) is 7.24. The highest BCUT2D eigenvalue weighted by Gasteiger charge is 2.49. The average Bonchev–Trinajstić information content (AvgIpc) is 2.65. The third-order valence-electron chi connectivity index (χ3n) is 1.20. The smallest absolute Gasteiger partial charge is 0.274 e. The van der Waals surface area contributed by atoms with Crippen molar-refractivity contribution in [1.29, 1.82) is 0 Å². The highest BCUT2D eigenvalue weighted by molar-refractivity contribution is 7.87. The van der Waals surface area contributed by atoms with Gasteiger partial charge >= 0.3 is 21.6 Å². The summed E-state index contributed by atoms with van der Waals surface area (Å²) in [4.78, 5) is 14.3. The number of H-pyrrole nitrogens is 1. The average molecular weight is 260 g/mol. The number of halogens is 3. The van der Waals surface area contributed by atoms with E-state index in [2.05, 4.69) is 14.3 Å². The molecule has 0 aliphatic heterocycles. The zero-order valence-electron chi connectivity index (χ0n) is 7.19. The molecule has 1 N–H and O–H groups in total. The lowest BCUT2D eigenvalue weighted by Crippen LogP contribution is -2.26. The first kappa shape index (κ1) is 12.4. The topological polar surface area (TPSA) is 98.3 Å². The summed E-state index contributed by atoms with van der Waals surface area (Å²) in [6.45, 7) is 0. The molecular formula is C5H3F3N2O5S. The maximum atomic E-state index is 11.7. The normalized spacial score (nSPS) is 12.4. The van der Waals surface area contributed by atoms with E-state index in [0.29, 0.717) is 0 Å². The summed E-state index contributed by atoms with van der Waals surface area (Å²) in [6.07, 6.45) is 1.11. The van der Waals surface area contributed by atoms with Crippen LogP contribution in [0.5, 0.6) is 0 Å². The van der Waals surface area contributed by atoms with Crippen LogP contribution in [0.1, 0.15) is 10.5 Å². The highest BCUT2D eigenvalue weighted by Crippen LogP contribution is 2.24. The summed E-state index contributed by atoms with van der Waals surface area (Å²) in [5, 5.41) is 5.31. The number of aromatic amines is 1. The van der Waals surface area contributed by atoms with Gasteiger partial charge in [0.15, 0.2) is 0 Å². The van der Waals surface area contributed by atoms with Crippen LogP contribution in [0.15, 0.2) is 12.3 Å². The Kier molecular flexibility index (Phi) is 3.19. The molecule has 0 aliphatic carbocycles. The van der Waals surface area contributed by atoms with E-state index in [1.807, 2.05) is 5.10 Å². The predicted molar refractivity (Wildman–Crippen MR) is 40.1 cm³/mol. The van der Waals surface area contributed by atoms with Crippen LogP contribution in [-0.4, -0.2) is 30.1 Å². The highest BCUT2D eigenvalue weighted by atomic mass is 32.2. The molecule has 11 heteroatoms. The number of carbonyl (C=O) groups is 1. The van der Waals surface area contributed by atoms with Crippen LogP contribution in [-0.2, 0) is 19.3 Å². The number of nitrogens with one attached hydrogen (secondary N) is 1. The Labute approximate surface area is 86.2 Å². The van der Waals surface area contributed by atoms with Gasteiger partial charge in [-0.1, -0.05) is 0 Å². The van der Waals surface area contributed by atoms with E-state index in [0.717, 1.165) is 12.3 Å². The Hall–Kier alpha value is -1.62. The number of carbonyl (C=O) groups excluding carboxylic acids is 1. The summed E-state index contributed by atoms with van der Waals surface area (Å²) in [7, 11) is -5.96. The third-order valence-corrected chi connectivity index (χ3v) is 2.02. The molecule has 0 aliphatic rings. The molecule has 0 aromatic carbocycles. The van der Waals surface area contributed by atoms with Gasteiger partial charge in [-0.2, -0.15) is 26.7 Å². The van der Waals surface area contributed by atoms with Crippen molar-refractivity contribution in [2.75, 3.05) is 0 Å². The van der Waals surface area contributed by atoms with Crippen LogP contribution < -0.4 is 0 Å². The van der Waals surface area contributed by atoms with Crippen LogP contribution in [0, 0.1) is 0 Å². The Morgan fingerprint density at radius 3 is 2.50 bits per heavy atom. The molecule has 16 heavy (non-hydrogen) atoms. The second kappa shape index (κ2) is 4.09. The van der Waals surface area contributed by atoms with Gasteiger partial charge in [-0.3, -0.25) is 9.99 Å². The standard InChI is InChI=1S/C5H3F3N2O5S/c6-5(7,8)16(12,13)15-14-4(11)3-1-2-9-10-3/h1-2H,(H,9,10). The Balaban J connectivity index is 2.63. The van der Waals surface area contributed by atoms with Gasteiger partial charge in [0.05, 0.1) is 0 Å². The lowest BCUT2D eigenvalue weighted by Gasteiger charge is -2.05. The van der Waals surface area contributed by atoms with Crippen molar-refractivity contribution in [2.45, 2.75) is 5.51 Å². The number of hydrogen-bond acceptors (Lipinski definition) is 6. The van der Waals surface area contributed by atoms with Crippen molar-refractivity contribution in [3.8, 4) is 0 Å². The Bertz CT molecular complexity index is 465. The van der Waals surface area contributed by atoms with Crippen molar-refractivity contribution in [3.63, 3.8) is 0 Å². The van der Waals surface area contributed by atoms with Crippen LogP contribution in [0.2, 0.25) is 0 Å². The number of aromatic nitrogens is 2. The fraction of sp³-hybridized carbons (Fsp3) is 0.200. The summed E-state index contributed by atoms with van der Waals surface area (Å²) in [5.41, 5.74) is -6.03. The molecule has 90 valence electrons. The van der Waals surface area contributed by atoms with Gasteiger partial charge in [-0.25, -0.2) is 4.79 Å². The van der Waals surface area contributed by atoms with Gasteiger partial charge in [-0.05, 0) is 10.4 Å². The number of rotatable bonds is 3. The van der Waals surface area contributed by atoms with Gasteiger partial charge in [0, 0.05) is 6.20 Å². The molecule has 7 nitrogen and oxygen atoms in total. The van der Waals surface area contributed by atoms with Crippen LogP contribution in [0.3, 0.4) is 0 Å². The van der Waals surface area contributed by atoms with Gasteiger partial charge in [0.2, 0.25) is 0 Å². The van der Waals surface area contributed by atoms with Crippen molar-refractivity contribution in [1.82, 2.24) is 10.2 Å². The molecule has 1 aromatic heterocycles. The summed E-state index contributed by atoms with van der Waals surface area (Å²) in [6, 6.07) is 1.05. The van der Waals surface area contributed by atoms with Crippen molar-refractivity contribution in [2.24, 2.45) is 0 Å². The second-order valence-corrected chi connectivity index (χ2v) is 3.82. The van der Waals surface area contributed by atoms with E-state index in [1.165, 1.54) is 0 Å². The molecule has 1 heterocycles. The monoisotopic (exact) mass is 260 g/mol. The molecule has 0 spiro atoms. The van der Waals surface area contributed by atoms with Crippen LogP contribution in [0.4, 0.5) is 13.2 Å². The van der Waals surface area contributed by atoms with Gasteiger partial charge in [-0.15, -0.1) is 0 Å². The van der Waals surface area contributed by atoms with Crippen molar-refractivity contribution >= 4 is 16.1 Å². The first-order valence-electron chi connectivity index (χ1n) is 3.45. The molecule has 0 radical (unpaired) electrons. The largest absolute Gasteiger partial charge is 0.526 e. The fourth-order valence-corrected chi connectivity index (χ4v) is 0.757. The minimum absolute atomic E-state index is 0.364. The summed E-state index contributed by atoms with van der Waals surface area (Å²) in [5.74, 6) is -1.45. The van der Waals surface area contributed by atoms with E-state index >= 15 is 0 Å². The summed E-state index contributed by atoms with van der Waals surface area (Å²) < 4.78 is 58.7. The molecule has 0 bridgehead atoms. The van der Waals surface area contributed by atoms with Crippen LogP contribution >= 0.6 is 0 Å². The van der Waals surface area contributed by atoms with Gasteiger partial charge in [0.1, 0.15) is 5.69 Å².